The highest BCUT2D eigenvalue weighted by atomic mass is 16.6. The van der Waals surface area contributed by atoms with Gasteiger partial charge in [0.2, 0.25) is 0 Å². The van der Waals surface area contributed by atoms with E-state index in [4.69, 9.17) is 14.2 Å². The average Bonchev–Trinajstić information content (AvgIpc) is 3.39. The number of carbonyl (C=O) groups excluding carboxylic acids is 3. The van der Waals surface area contributed by atoms with Crippen molar-refractivity contribution in [1.29, 1.82) is 0 Å². The van der Waals surface area contributed by atoms with Crippen LogP contribution in [0.4, 0.5) is 17.2 Å². The van der Waals surface area contributed by atoms with Gasteiger partial charge in [-0.2, -0.15) is 0 Å². The van der Waals surface area contributed by atoms with Gasteiger partial charge in [-0.25, -0.2) is 15.0 Å². The number of esters is 2. The molecule has 1 fully saturated rings. The van der Waals surface area contributed by atoms with E-state index in [0.717, 1.165) is 0 Å². The van der Waals surface area contributed by atoms with Gasteiger partial charge in [-0.3, -0.25) is 14.2 Å². The number of ketones is 1. The minimum absolute atomic E-state index is 0.0574. The molecule has 1 aromatic carbocycles. The Bertz CT molecular complexity index is 1310. The Morgan fingerprint density at radius 2 is 1.83 bits per heavy atom. The summed E-state index contributed by atoms with van der Waals surface area (Å²) < 4.78 is 18.7. The Labute approximate surface area is 205 Å². The van der Waals surface area contributed by atoms with Crippen LogP contribution in [0.3, 0.4) is 0 Å². The molecule has 4 rings (SSSR count). The van der Waals surface area contributed by atoms with Gasteiger partial charge in [-0.15, -0.1) is 4.91 Å². The van der Waals surface area contributed by atoms with E-state index in [1.807, 2.05) is 0 Å². The van der Waals surface area contributed by atoms with Crippen molar-refractivity contribution >= 4 is 46.1 Å². The number of rotatable bonds is 9. The number of hydrogen-bond acceptors (Lipinski definition) is 12. The van der Waals surface area contributed by atoms with Crippen LogP contribution in [0.2, 0.25) is 0 Å². The number of nitroso groups, excluding NO2 is 1. The second-order valence-electron chi connectivity index (χ2n) is 8.27. The maximum atomic E-state index is 11.9. The molecule has 4 atom stereocenters. The van der Waals surface area contributed by atoms with Crippen molar-refractivity contribution < 1.29 is 28.6 Å². The summed E-state index contributed by atoms with van der Waals surface area (Å²) in [5.74, 6) is -0.875. The van der Waals surface area contributed by atoms with E-state index >= 15 is 0 Å². The molecule has 4 unspecified atom stereocenters. The number of Topliss-reactive ketones (excluding diaryl/α,β-unsaturated/α-hetero) is 1. The fraction of sp³-hybridized carbons (Fsp3) is 0.391. The average molecular weight is 496 g/mol. The third-order valence-corrected chi connectivity index (χ3v) is 5.52. The molecule has 3 heterocycles. The van der Waals surface area contributed by atoms with Crippen LogP contribution in [0, 0.1) is 4.91 Å². The highest BCUT2D eigenvalue weighted by molar-refractivity contribution is 5.85. The van der Waals surface area contributed by atoms with E-state index in [1.54, 1.807) is 28.8 Å². The predicted octanol–water partition coefficient (Wildman–Crippen LogP) is 3.10. The molecular weight excluding hydrogens is 472 g/mol. The molecule has 13 heteroatoms. The van der Waals surface area contributed by atoms with E-state index in [1.165, 1.54) is 33.4 Å². The molecule has 3 aromatic rings. The molecule has 0 amide bonds. The van der Waals surface area contributed by atoms with Gasteiger partial charge in [0.05, 0.1) is 6.33 Å². The zero-order valence-corrected chi connectivity index (χ0v) is 19.8. The number of fused-ring (bicyclic) bond motifs is 1. The van der Waals surface area contributed by atoms with Crippen LogP contribution in [0.15, 0.2) is 42.1 Å². The third kappa shape index (κ3) is 5.35. The maximum absolute atomic E-state index is 11.9. The molecule has 0 spiro atoms. The van der Waals surface area contributed by atoms with Crippen LogP contribution in [0.1, 0.15) is 39.8 Å². The molecule has 0 saturated carbocycles. The summed E-state index contributed by atoms with van der Waals surface area (Å²) in [6, 6.07) is 6.53. The van der Waals surface area contributed by atoms with Crippen molar-refractivity contribution in [2.45, 2.75) is 58.2 Å². The van der Waals surface area contributed by atoms with Gasteiger partial charge in [-0.05, 0) is 36.7 Å². The first-order valence-electron chi connectivity index (χ1n) is 11.1. The summed E-state index contributed by atoms with van der Waals surface area (Å²) in [7, 11) is 0. The first-order valence-corrected chi connectivity index (χ1v) is 11.1. The zero-order valence-electron chi connectivity index (χ0n) is 19.8. The normalized spacial score (nSPS) is 21.2. The van der Waals surface area contributed by atoms with Gasteiger partial charge in [0, 0.05) is 26.0 Å². The Kier molecular flexibility index (Phi) is 7.29. The lowest BCUT2D eigenvalue weighted by atomic mass is 10.0. The van der Waals surface area contributed by atoms with Crippen molar-refractivity contribution in [3.8, 4) is 0 Å². The molecule has 0 aliphatic carbocycles. The second-order valence-corrected chi connectivity index (χ2v) is 8.27. The van der Waals surface area contributed by atoms with Gasteiger partial charge in [0.1, 0.15) is 23.9 Å². The molecular formula is C23H24N6O7. The molecule has 2 aromatic heterocycles. The number of anilines is 2. The van der Waals surface area contributed by atoms with Crippen molar-refractivity contribution in [1.82, 2.24) is 19.5 Å². The van der Waals surface area contributed by atoms with E-state index in [0.29, 0.717) is 22.7 Å². The molecule has 1 aliphatic heterocycles. The van der Waals surface area contributed by atoms with Crippen molar-refractivity contribution in [3.05, 3.63) is 41.8 Å². The minimum atomic E-state index is -1.01. The standard InChI is InChI=1S/C23H24N6O7/c1-12(30)7-8-17-19(34-13(2)31)20(35-14(3)32)23(36-17)29-11-26-18-21(24-10-25-22(18)29)27-15-5-4-6-16(9-15)28-33/h4-6,9-11,17,19-20,23H,7-8H2,1-3H3,(H,24,25,27). The maximum Gasteiger partial charge on any atom is 0.303 e. The lowest BCUT2D eigenvalue weighted by Gasteiger charge is -2.23. The summed E-state index contributed by atoms with van der Waals surface area (Å²) in [5.41, 5.74) is 1.54. The van der Waals surface area contributed by atoms with E-state index in [2.05, 4.69) is 25.4 Å². The molecule has 1 aliphatic rings. The number of carbonyl (C=O) groups is 3. The van der Waals surface area contributed by atoms with Gasteiger partial charge < -0.3 is 24.3 Å². The number of aromatic nitrogens is 4. The monoisotopic (exact) mass is 496 g/mol. The Balaban J connectivity index is 1.71. The van der Waals surface area contributed by atoms with Crippen molar-refractivity contribution in [3.63, 3.8) is 0 Å². The summed E-state index contributed by atoms with van der Waals surface area (Å²) in [6.45, 7) is 3.93. The van der Waals surface area contributed by atoms with Gasteiger partial charge in [0.15, 0.2) is 35.4 Å². The first-order chi connectivity index (χ1) is 17.3. The lowest BCUT2D eigenvalue weighted by Crippen LogP contribution is -2.39. The molecule has 36 heavy (non-hydrogen) atoms. The summed E-state index contributed by atoms with van der Waals surface area (Å²) in [6.07, 6.45) is -0.374. The van der Waals surface area contributed by atoms with Gasteiger partial charge >= 0.3 is 11.9 Å². The van der Waals surface area contributed by atoms with Crippen LogP contribution >= 0.6 is 0 Å². The SMILES string of the molecule is CC(=O)CCC1OC(n2cnc3c(Nc4cccc(N=O)c4)ncnc32)C(OC(C)=O)C1OC(C)=O. The highest BCUT2D eigenvalue weighted by Gasteiger charge is 2.50. The molecule has 0 bridgehead atoms. The van der Waals surface area contributed by atoms with Crippen molar-refractivity contribution in [2.24, 2.45) is 5.18 Å². The Morgan fingerprint density at radius 1 is 1.08 bits per heavy atom. The van der Waals surface area contributed by atoms with Crippen LogP contribution < -0.4 is 5.32 Å². The van der Waals surface area contributed by atoms with Gasteiger partial charge in [-0.1, -0.05) is 6.07 Å². The molecule has 1 N–H and O–H groups in total. The second kappa shape index (κ2) is 10.6. The Hall–Kier alpha value is -4.26. The van der Waals surface area contributed by atoms with Crippen LogP contribution in [0.5, 0.6) is 0 Å². The highest BCUT2D eigenvalue weighted by Crippen LogP contribution is 2.38. The smallest absolute Gasteiger partial charge is 0.303 e. The zero-order chi connectivity index (χ0) is 25.8. The molecule has 0 radical (unpaired) electrons. The molecule has 188 valence electrons. The number of nitrogens with zero attached hydrogens (tertiary/aromatic N) is 5. The minimum Gasteiger partial charge on any atom is -0.456 e. The van der Waals surface area contributed by atoms with E-state index in [-0.39, 0.29) is 24.3 Å². The summed E-state index contributed by atoms with van der Waals surface area (Å²) >= 11 is 0. The molecule has 13 nitrogen and oxygen atoms in total. The lowest BCUT2D eigenvalue weighted by molar-refractivity contribution is -0.165. The molecule has 1 saturated heterocycles. The van der Waals surface area contributed by atoms with Crippen molar-refractivity contribution in [2.75, 3.05) is 5.32 Å². The van der Waals surface area contributed by atoms with Crippen LogP contribution in [0.25, 0.3) is 11.2 Å². The topological polar surface area (TPSA) is 164 Å². The third-order valence-electron chi connectivity index (χ3n) is 5.52. The number of benzene rings is 1. The Morgan fingerprint density at radius 3 is 2.53 bits per heavy atom. The number of hydrogen-bond donors (Lipinski definition) is 1. The predicted molar refractivity (Wildman–Crippen MR) is 125 cm³/mol. The van der Waals surface area contributed by atoms with Crippen LogP contribution in [-0.2, 0) is 28.6 Å². The largest absolute Gasteiger partial charge is 0.456 e. The quantitative estimate of drug-likeness (QED) is 0.342. The van der Waals surface area contributed by atoms with E-state index < -0.39 is 36.5 Å². The fourth-order valence-corrected chi connectivity index (χ4v) is 4.07. The first kappa shape index (κ1) is 24.9. The number of imidazole rings is 1. The van der Waals surface area contributed by atoms with E-state index in [9.17, 15) is 19.3 Å². The summed E-state index contributed by atoms with van der Waals surface area (Å²) in [4.78, 5) is 59.2. The fourth-order valence-electron chi connectivity index (χ4n) is 4.07. The van der Waals surface area contributed by atoms with Crippen LogP contribution in [-0.4, -0.2) is 55.6 Å². The summed E-state index contributed by atoms with van der Waals surface area (Å²) in [5, 5.41) is 6.01. The number of ether oxygens (including phenoxy) is 3. The van der Waals surface area contributed by atoms with Gasteiger partial charge in [0.25, 0.3) is 0 Å². The number of nitrogens with one attached hydrogen (secondary N) is 1.